The van der Waals surface area contributed by atoms with E-state index < -0.39 is 18.1 Å². The van der Waals surface area contributed by atoms with E-state index in [4.69, 9.17) is 14.2 Å². The van der Waals surface area contributed by atoms with Crippen LogP contribution in [0.25, 0.3) is 0 Å². The van der Waals surface area contributed by atoms with Crippen molar-refractivity contribution in [2.24, 2.45) is 0 Å². The number of carboxylic acid groups (broad SMARTS) is 1. The van der Waals surface area contributed by atoms with Gasteiger partial charge in [-0.1, -0.05) is 162 Å². The molecule has 62 heavy (non-hydrogen) atoms. The molecule has 0 spiro atoms. The second kappa shape index (κ2) is 43.9. The lowest BCUT2D eigenvalue weighted by Crippen LogP contribution is -2.55. The van der Waals surface area contributed by atoms with E-state index in [9.17, 15) is 19.5 Å². The average molecular weight is 864 g/mol. The largest absolute Gasteiger partial charge is 0.544 e. The Morgan fingerprint density at radius 3 is 1.26 bits per heavy atom. The number of aliphatic carboxylic acids is 1. The van der Waals surface area contributed by atoms with Crippen molar-refractivity contribution in [3.8, 4) is 0 Å². The van der Waals surface area contributed by atoms with Gasteiger partial charge in [0.05, 0.1) is 40.3 Å². The zero-order valence-corrected chi connectivity index (χ0v) is 40.0. The van der Waals surface area contributed by atoms with Crippen LogP contribution in [0.15, 0.2) is 97.2 Å². The summed E-state index contributed by atoms with van der Waals surface area (Å²) in [5, 5.41) is 11.7. The molecule has 0 aromatic rings. The predicted octanol–water partition coefficient (Wildman–Crippen LogP) is 12.5. The normalized spacial score (nSPS) is 13.8. The molecule has 8 heteroatoms. The summed E-state index contributed by atoms with van der Waals surface area (Å²) in [7, 11) is 5.39. The molecule has 0 saturated carbocycles. The van der Waals surface area contributed by atoms with E-state index >= 15 is 0 Å². The maximum Gasteiger partial charge on any atom is 0.306 e. The van der Waals surface area contributed by atoms with Crippen LogP contribution >= 0.6 is 0 Å². The van der Waals surface area contributed by atoms with E-state index in [0.29, 0.717) is 12.8 Å². The van der Waals surface area contributed by atoms with Gasteiger partial charge in [-0.15, -0.1) is 0 Å². The summed E-state index contributed by atoms with van der Waals surface area (Å²) in [6.45, 7) is 4.40. The van der Waals surface area contributed by atoms with E-state index in [1.807, 2.05) is 0 Å². The molecule has 2 unspecified atom stereocenters. The number of hydrogen-bond donors (Lipinski definition) is 0. The van der Waals surface area contributed by atoms with E-state index in [2.05, 4.69) is 111 Å². The lowest BCUT2D eigenvalue weighted by atomic mass is 10.1. The van der Waals surface area contributed by atoms with Crippen LogP contribution < -0.4 is 5.11 Å². The third kappa shape index (κ3) is 41.6. The second-order valence-corrected chi connectivity index (χ2v) is 16.9. The summed E-state index contributed by atoms with van der Waals surface area (Å²) in [6, 6.07) is -0.737. The Morgan fingerprint density at radius 2 is 0.855 bits per heavy atom. The first-order chi connectivity index (χ1) is 30.1. The van der Waals surface area contributed by atoms with Crippen molar-refractivity contribution in [2.45, 2.75) is 187 Å². The van der Waals surface area contributed by atoms with Crippen LogP contribution in [0.3, 0.4) is 0 Å². The Balaban J connectivity index is 4.35. The number of quaternary nitrogens is 1. The molecule has 0 aromatic heterocycles. The number of ether oxygens (including phenoxy) is 3. The predicted molar refractivity (Wildman–Crippen MR) is 258 cm³/mol. The molecule has 0 amide bonds. The van der Waals surface area contributed by atoms with E-state index in [1.54, 1.807) is 21.1 Å². The summed E-state index contributed by atoms with van der Waals surface area (Å²) in [5.74, 6) is -1.78. The first-order valence-corrected chi connectivity index (χ1v) is 24.3. The highest BCUT2D eigenvalue weighted by Gasteiger charge is 2.25. The van der Waals surface area contributed by atoms with Gasteiger partial charge < -0.3 is 28.6 Å². The van der Waals surface area contributed by atoms with Crippen LogP contribution in [0, 0.1) is 0 Å². The van der Waals surface area contributed by atoms with Crippen LogP contribution in [-0.4, -0.2) is 75.5 Å². The first-order valence-electron chi connectivity index (χ1n) is 24.3. The fourth-order valence-electron chi connectivity index (χ4n) is 6.52. The van der Waals surface area contributed by atoms with Crippen molar-refractivity contribution < 1.29 is 38.2 Å². The van der Waals surface area contributed by atoms with E-state index in [1.165, 1.54) is 25.7 Å². The number of carboxylic acids is 1. The molecule has 0 saturated heterocycles. The lowest BCUT2D eigenvalue weighted by molar-refractivity contribution is -0.889. The van der Waals surface area contributed by atoms with Crippen LogP contribution in [0.1, 0.15) is 174 Å². The Hall–Kier alpha value is -3.75. The van der Waals surface area contributed by atoms with Gasteiger partial charge in [0.1, 0.15) is 12.6 Å². The topological polar surface area (TPSA) is 102 Å². The minimum atomic E-state index is -1.13. The zero-order valence-electron chi connectivity index (χ0n) is 40.0. The van der Waals surface area contributed by atoms with E-state index in [0.717, 1.165) is 116 Å². The van der Waals surface area contributed by atoms with Crippen LogP contribution in [0.5, 0.6) is 0 Å². The molecule has 0 aliphatic heterocycles. The van der Waals surface area contributed by atoms with Crippen molar-refractivity contribution in [3.63, 3.8) is 0 Å². The third-order valence-corrected chi connectivity index (χ3v) is 10.2. The molecule has 352 valence electrons. The Morgan fingerprint density at radius 1 is 0.484 bits per heavy atom. The van der Waals surface area contributed by atoms with Crippen molar-refractivity contribution >= 4 is 17.9 Å². The second-order valence-electron chi connectivity index (χ2n) is 16.9. The highest BCUT2D eigenvalue weighted by atomic mass is 16.6. The summed E-state index contributed by atoms with van der Waals surface area (Å²) in [5.41, 5.74) is 0. The number of nitrogens with zero attached hydrogens (tertiary/aromatic N) is 1. The first kappa shape index (κ1) is 58.2. The van der Waals surface area contributed by atoms with Gasteiger partial charge in [-0.05, 0) is 89.9 Å². The molecule has 0 heterocycles. The summed E-state index contributed by atoms with van der Waals surface area (Å²) in [4.78, 5) is 37.0. The minimum absolute atomic E-state index is 0.0242. The molecule has 2 atom stereocenters. The molecule has 0 bridgehead atoms. The summed E-state index contributed by atoms with van der Waals surface area (Å²) < 4.78 is 17.2. The highest BCUT2D eigenvalue weighted by molar-refractivity contribution is 5.70. The average Bonchev–Trinajstić information content (AvgIpc) is 3.23. The smallest absolute Gasteiger partial charge is 0.306 e. The molecule has 0 fully saturated rings. The van der Waals surface area contributed by atoms with Crippen LogP contribution in [-0.2, 0) is 28.6 Å². The van der Waals surface area contributed by atoms with Gasteiger partial charge in [0.15, 0.2) is 6.10 Å². The maximum absolute atomic E-state index is 12.8. The number of rotatable bonds is 42. The number of unbranched alkanes of at least 4 members (excludes halogenated alkanes) is 12. The molecule has 0 aliphatic rings. The number of likely N-dealkylation sites (N-methyl/N-ethyl adjacent to an activating group) is 1. The van der Waals surface area contributed by atoms with Crippen molar-refractivity contribution in [1.82, 2.24) is 0 Å². The highest BCUT2D eigenvalue weighted by Crippen LogP contribution is 2.13. The monoisotopic (exact) mass is 864 g/mol. The minimum Gasteiger partial charge on any atom is -0.544 e. The van der Waals surface area contributed by atoms with Gasteiger partial charge in [0.25, 0.3) is 0 Å². The van der Waals surface area contributed by atoms with Gasteiger partial charge in [-0.3, -0.25) is 9.59 Å². The fraction of sp³-hybridized carbons (Fsp3) is 0.648. The van der Waals surface area contributed by atoms with Gasteiger partial charge in [-0.2, -0.15) is 0 Å². The summed E-state index contributed by atoms with van der Waals surface area (Å²) >= 11 is 0. The number of hydrogen-bond acceptors (Lipinski definition) is 7. The lowest BCUT2D eigenvalue weighted by Gasteiger charge is -2.34. The van der Waals surface area contributed by atoms with E-state index in [-0.39, 0.29) is 42.7 Å². The summed E-state index contributed by atoms with van der Waals surface area (Å²) in [6.07, 6.45) is 58.6. The number of carbonyl (C=O) groups excluding carboxylic acids is 3. The van der Waals surface area contributed by atoms with Crippen molar-refractivity contribution in [1.29, 1.82) is 0 Å². The van der Waals surface area contributed by atoms with Gasteiger partial charge in [0, 0.05) is 19.3 Å². The van der Waals surface area contributed by atoms with Crippen LogP contribution in [0.4, 0.5) is 0 Å². The van der Waals surface area contributed by atoms with Gasteiger partial charge >= 0.3 is 11.9 Å². The maximum atomic E-state index is 12.8. The Bertz CT molecular complexity index is 1330. The SMILES string of the molecule is CC/C=C/C/C=C/C/C=C/C/C=C/C/C=C/CCCCCCCCC(=O)OC(COCCC(C(=O)[O-])[N+](C)(C)C)COC(=O)CCCCCCCC/C=C/C/C=C/C/C=C/CC. The Kier molecular flexibility index (Phi) is 41.2. The fourth-order valence-corrected chi connectivity index (χ4v) is 6.52. The number of carbonyl (C=O) groups is 3. The molecular weight excluding hydrogens is 775 g/mol. The van der Waals surface area contributed by atoms with Crippen LogP contribution in [0.2, 0.25) is 0 Å². The number of allylic oxidation sites excluding steroid dienone is 16. The third-order valence-electron chi connectivity index (χ3n) is 10.2. The number of esters is 2. The molecule has 0 radical (unpaired) electrons. The molecule has 0 rings (SSSR count). The van der Waals surface area contributed by atoms with Crippen molar-refractivity contribution in [2.75, 3.05) is 41.0 Å². The van der Waals surface area contributed by atoms with Gasteiger partial charge in [0.2, 0.25) is 0 Å². The molecule has 0 N–H and O–H groups in total. The zero-order chi connectivity index (χ0) is 45.6. The van der Waals surface area contributed by atoms with Crippen molar-refractivity contribution in [3.05, 3.63) is 97.2 Å². The quantitative estimate of drug-likeness (QED) is 0.0261. The molecule has 0 aromatic carbocycles. The molecule has 8 nitrogen and oxygen atoms in total. The molecule has 0 aliphatic carbocycles. The Labute approximate surface area is 379 Å². The van der Waals surface area contributed by atoms with Gasteiger partial charge in [-0.25, -0.2) is 0 Å². The standard InChI is InChI=1S/C54H89NO7/c1-6-8-10-12-14-16-18-20-22-24-25-26-27-28-29-31-33-35-37-39-41-43-45-53(57)62-50(48-60-47-46-51(54(58)59)55(3,4)5)49-61-52(56)44-42-40-38-36-34-32-30-23-21-19-17-15-13-11-9-7-2/h8-11,14-17,20-23,25-26,28-29,50-51H,6-7,12-13,18-19,24,27,30-49H2,1-5H3/b10-8+,11-9+,16-14+,17-15+,22-20+,23-21+,26-25+,29-28+. The molecular formula is C54H89NO7.